The molecule has 0 bridgehead atoms. The Bertz CT molecular complexity index is 2700. The lowest BCUT2D eigenvalue weighted by molar-refractivity contribution is -0.184. The predicted octanol–water partition coefficient (Wildman–Crippen LogP) is 6.26. The zero-order valence-corrected chi connectivity index (χ0v) is 58.9. The molecule has 4 fully saturated rings. The number of alkyl halides is 7. The molecule has 3 unspecified atom stereocenters. The molecular formula is C65H106ClF6N11O11. The second-order valence-corrected chi connectivity index (χ2v) is 29.1. The van der Waals surface area contributed by atoms with Crippen LogP contribution in [0.15, 0.2) is 0 Å². The fourth-order valence-electron chi connectivity index (χ4n) is 12.9. The number of nitrogens with zero attached hydrogens (tertiary/aromatic N) is 7. The molecule has 0 aromatic carbocycles. The van der Waals surface area contributed by atoms with Crippen molar-refractivity contribution in [2.24, 2.45) is 41.4 Å². The Labute approximate surface area is 556 Å². The Morgan fingerprint density at radius 1 is 0.574 bits per heavy atom. The van der Waals surface area contributed by atoms with Crippen LogP contribution in [-0.2, 0) is 52.7 Å². The Balaban J connectivity index is 1.82. The van der Waals surface area contributed by atoms with E-state index < -0.39 is 179 Å². The van der Waals surface area contributed by atoms with Crippen LogP contribution >= 0.6 is 11.6 Å². The summed E-state index contributed by atoms with van der Waals surface area (Å²) in [5.74, 6) is -13.2. The largest absolute Gasteiger partial charge is 0.393 e. The molecule has 13 atom stereocenters. The van der Waals surface area contributed by atoms with Crippen LogP contribution in [0.2, 0.25) is 0 Å². The average molecular weight is 1370 g/mol. The van der Waals surface area contributed by atoms with Gasteiger partial charge in [-0.2, -0.15) is 26.3 Å². The smallest absolute Gasteiger partial charge is 0.343 e. The van der Waals surface area contributed by atoms with Crippen LogP contribution in [0.5, 0.6) is 0 Å². The molecule has 4 N–H and O–H groups in total. The van der Waals surface area contributed by atoms with Crippen molar-refractivity contribution in [1.29, 1.82) is 0 Å². The summed E-state index contributed by atoms with van der Waals surface area (Å²) in [6.07, 6.45) is -9.49. The van der Waals surface area contributed by atoms with Crippen LogP contribution in [0.4, 0.5) is 26.3 Å². The van der Waals surface area contributed by atoms with Gasteiger partial charge in [-0.3, -0.25) is 52.7 Å². The summed E-state index contributed by atoms with van der Waals surface area (Å²) < 4.78 is 83.4. The molecule has 2 heterocycles. The van der Waals surface area contributed by atoms with E-state index in [1.54, 1.807) is 34.6 Å². The number of rotatable bonds is 11. The van der Waals surface area contributed by atoms with Crippen molar-refractivity contribution >= 4 is 76.6 Å². The van der Waals surface area contributed by atoms with Gasteiger partial charge in [0.25, 0.3) is 0 Å². The highest BCUT2D eigenvalue weighted by Crippen LogP contribution is 2.44. The first-order chi connectivity index (χ1) is 43.4. The number of carbonyl (C=O) groups excluding carboxylic acids is 11. The SMILES string of the molecule is CC[C@H](C)[C@@H]1NC(=O)[C@H](C)N(C)C(=O)C[C@@H](C)N(C)C(=O)[C@H](CC(C)C)NC(=O)C(C)(C)N(C)C(=O)[C@H](CC(C)C)NC(=O)[C@H](CCC2CCC(C(F)(F)F)C(Cl)C2)NC(=O)CN(C)C(=O)[C@H](CC2CCC(C(F)(F)F)CC2)N(C)C(=O)[C@@H]2CCN2C(=O)[C@H](C)N(C)C1=O. The number of carbonyl (C=O) groups is 11. The van der Waals surface area contributed by atoms with Gasteiger partial charge >= 0.3 is 12.4 Å². The van der Waals surface area contributed by atoms with Gasteiger partial charge in [-0.25, -0.2) is 0 Å². The topological polar surface area (TPSA) is 259 Å². The summed E-state index contributed by atoms with van der Waals surface area (Å²) in [4.78, 5) is 168. The molecule has 2 aliphatic carbocycles. The van der Waals surface area contributed by atoms with Crippen molar-refractivity contribution in [2.45, 2.75) is 250 Å². The maximum absolute atomic E-state index is 14.9. The molecule has 2 saturated carbocycles. The Kier molecular flexibility index (Phi) is 28.9. The van der Waals surface area contributed by atoms with Gasteiger partial charge < -0.3 is 55.6 Å². The number of fused-ring (bicyclic) bond motifs is 1. The van der Waals surface area contributed by atoms with E-state index in [1.807, 2.05) is 13.8 Å². The van der Waals surface area contributed by atoms with Gasteiger partial charge in [-0.05, 0) is 148 Å². The Morgan fingerprint density at radius 3 is 1.65 bits per heavy atom. The van der Waals surface area contributed by atoms with E-state index in [2.05, 4.69) is 21.3 Å². The van der Waals surface area contributed by atoms with E-state index in [4.69, 9.17) is 11.6 Å². The van der Waals surface area contributed by atoms with Crippen molar-refractivity contribution in [3.63, 3.8) is 0 Å². The summed E-state index contributed by atoms with van der Waals surface area (Å²) in [7, 11) is 8.14. The highest BCUT2D eigenvalue weighted by atomic mass is 35.5. The van der Waals surface area contributed by atoms with Crippen molar-refractivity contribution < 1.29 is 79.1 Å². The third-order valence-corrected chi connectivity index (χ3v) is 20.9. The second-order valence-electron chi connectivity index (χ2n) is 28.5. The number of hydrogen-bond acceptors (Lipinski definition) is 11. The van der Waals surface area contributed by atoms with Crippen LogP contribution < -0.4 is 21.3 Å². The molecule has 29 heteroatoms. The second kappa shape index (κ2) is 33.8. The Morgan fingerprint density at radius 2 is 1.14 bits per heavy atom. The molecule has 11 amide bonds. The van der Waals surface area contributed by atoms with Gasteiger partial charge in [-0.1, -0.05) is 48.0 Å². The third-order valence-electron chi connectivity index (χ3n) is 20.4. The van der Waals surface area contributed by atoms with Crippen LogP contribution in [0.1, 0.15) is 172 Å². The number of nitrogens with one attached hydrogen (secondary N) is 4. The molecule has 536 valence electrons. The standard InChI is InChI=1S/C65H106ClF6N11O11/c1-18-37(6)53-61(93)80(15)40(9)56(88)83-28-27-49(83)60(92)81(16)50(33-42-19-23-43(24-20-42)64(67,68)69)59(91)77(12)34-51(84)73-46(26-22-41-21-25-44(45(66)32-41)65(70,71)72)55(87)74-48(30-36(4)5)58(90)82(17)63(10,11)62(94)75-47(29-35(2)3)57(89)78(13)38(7)31-52(85)79(14)39(8)54(86)76-53/h35-50,53H,18-34H2,1-17H3,(H,73,84)(H,74,87)(H,75,94)(H,76,86)/t37-,38+,39-,40-,41?,42?,43?,44?,45?,46-,47-,48-,49-,50-,53-/m0/s1. The molecule has 94 heavy (non-hydrogen) atoms. The van der Waals surface area contributed by atoms with Crippen molar-refractivity contribution in [2.75, 3.05) is 55.4 Å². The van der Waals surface area contributed by atoms with E-state index in [0.717, 1.165) is 19.6 Å². The summed E-state index contributed by atoms with van der Waals surface area (Å²) in [6, 6.07) is -11.0. The van der Waals surface area contributed by atoms with Gasteiger partial charge in [-0.15, -0.1) is 11.6 Å². The van der Waals surface area contributed by atoms with E-state index in [1.165, 1.54) is 84.7 Å². The predicted molar refractivity (Wildman–Crippen MR) is 340 cm³/mol. The minimum Gasteiger partial charge on any atom is -0.343 e. The molecule has 0 radical (unpaired) electrons. The van der Waals surface area contributed by atoms with Crippen LogP contribution in [0.25, 0.3) is 0 Å². The average Bonchev–Trinajstić information content (AvgIpc) is 0.789. The monoisotopic (exact) mass is 1370 g/mol. The molecule has 0 spiro atoms. The third kappa shape index (κ3) is 20.8. The minimum absolute atomic E-state index is 0.000986. The number of amides is 11. The van der Waals surface area contributed by atoms with Crippen molar-refractivity contribution in [3.05, 3.63) is 0 Å². The van der Waals surface area contributed by atoms with E-state index in [-0.39, 0.29) is 108 Å². The van der Waals surface area contributed by atoms with E-state index in [0.29, 0.717) is 6.42 Å². The molecule has 22 nitrogen and oxygen atoms in total. The molecular weight excluding hydrogens is 1260 g/mol. The summed E-state index contributed by atoms with van der Waals surface area (Å²) in [6.45, 7) is 17.5. The Hall–Kier alpha value is -5.96. The highest BCUT2D eigenvalue weighted by molar-refractivity contribution is 6.20. The number of likely N-dealkylation sites (N-methyl/N-ethyl adjacent to an activating group) is 6. The fraction of sp³-hybridized carbons (Fsp3) is 0.831. The summed E-state index contributed by atoms with van der Waals surface area (Å²) >= 11 is 6.32. The molecule has 2 saturated heterocycles. The van der Waals surface area contributed by atoms with Crippen LogP contribution in [-0.4, -0.2) is 232 Å². The zero-order valence-electron chi connectivity index (χ0n) is 58.1. The molecule has 4 rings (SSSR count). The quantitative estimate of drug-likeness (QED) is 0.133. The van der Waals surface area contributed by atoms with Crippen molar-refractivity contribution in [1.82, 2.24) is 55.6 Å². The highest BCUT2D eigenvalue weighted by Gasteiger charge is 2.50. The van der Waals surface area contributed by atoms with Gasteiger partial charge in [0.2, 0.25) is 65.0 Å². The van der Waals surface area contributed by atoms with Gasteiger partial charge in [0.05, 0.1) is 18.4 Å². The van der Waals surface area contributed by atoms with Gasteiger partial charge in [0.1, 0.15) is 53.9 Å². The van der Waals surface area contributed by atoms with E-state index in [9.17, 15) is 79.1 Å². The summed E-state index contributed by atoms with van der Waals surface area (Å²) in [5, 5.41) is 9.74. The lowest BCUT2D eigenvalue weighted by Crippen LogP contribution is -2.65. The lowest BCUT2D eigenvalue weighted by Gasteiger charge is -2.45. The molecule has 4 aliphatic rings. The fourth-order valence-corrected chi connectivity index (χ4v) is 13.4. The van der Waals surface area contributed by atoms with Gasteiger partial charge in [0, 0.05) is 66.7 Å². The number of hydrogen-bond donors (Lipinski definition) is 4. The maximum Gasteiger partial charge on any atom is 0.393 e. The van der Waals surface area contributed by atoms with Crippen molar-refractivity contribution in [3.8, 4) is 0 Å². The zero-order chi connectivity index (χ0) is 71.6. The maximum atomic E-state index is 14.9. The lowest BCUT2D eigenvalue weighted by atomic mass is 9.78. The molecule has 0 aromatic heterocycles. The summed E-state index contributed by atoms with van der Waals surface area (Å²) in [5.41, 5.74) is -1.72. The first kappa shape index (κ1) is 80.5. The van der Waals surface area contributed by atoms with Gasteiger partial charge in [0.15, 0.2) is 0 Å². The number of halogens is 7. The first-order valence-corrected chi connectivity index (χ1v) is 33.7. The normalized spacial score (nSPS) is 31.4. The van der Waals surface area contributed by atoms with Crippen LogP contribution in [0.3, 0.4) is 0 Å². The van der Waals surface area contributed by atoms with E-state index >= 15 is 0 Å². The van der Waals surface area contributed by atoms with Crippen LogP contribution in [0, 0.1) is 41.4 Å². The molecule has 2 aliphatic heterocycles. The molecule has 0 aromatic rings. The minimum atomic E-state index is -4.55. The first-order valence-electron chi connectivity index (χ1n) is 33.2.